The summed E-state index contributed by atoms with van der Waals surface area (Å²) in [5, 5.41) is 7.75. The highest BCUT2D eigenvalue weighted by Crippen LogP contribution is 2.25. The van der Waals surface area contributed by atoms with Crippen LogP contribution in [0.3, 0.4) is 0 Å². The molecule has 0 radical (unpaired) electrons. The van der Waals surface area contributed by atoms with E-state index < -0.39 is 0 Å². The van der Waals surface area contributed by atoms with E-state index in [1.165, 1.54) is 10.8 Å². The molecule has 0 spiro atoms. The summed E-state index contributed by atoms with van der Waals surface area (Å²) < 4.78 is 3.21. The Morgan fingerprint density at radius 2 is 1.68 bits per heavy atom. The molecule has 0 aliphatic rings. The van der Waals surface area contributed by atoms with Crippen molar-refractivity contribution in [3.05, 3.63) is 113 Å². The summed E-state index contributed by atoms with van der Waals surface area (Å²) >= 11 is 0. The smallest absolute Gasteiger partial charge is 0.269 e. The van der Waals surface area contributed by atoms with Gasteiger partial charge in [0.2, 0.25) is 5.91 Å². The molecule has 0 fully saturated rings. The van der Waals surface area contributed by atoms with Gasteiger partial charge in [-0.05, 0) is 30.2 Å². The minimum Gasteiger partial charge on any atom is -0.309 e. The van der Waals surface area contributed by atoms with Crippen LogP contribution in [0.25, 0.3) is 22.3 Å². The molecule has 7 nitrogen and oxygen atoms in total. The molecule has 0 bridgehead atoms. The second-order valence-corrected chi connectivity index (χ2v) is 8.09. The van der Waals surface area contributed by atoms with Crippen molar-refractivity contribution in [2.45, 2.75) is 20.0 Å². The van der Waals surface area contributed by atoms with Crippen molar-refractivity contribution in [1.29, 1.82) is 0 Å². The lowest BCUT2D eigenvalue weighted by Gasteiger charge is -2.11. The van der Waals surface area contributed by atoms with Crippen LogP contribution in [0.1, 0.15) is 11.1 Å². The van der Waals surface area contributed by atoms with Crippen LogP contribution in [0, 0.1) is 6.92 Å². The van der Waals surface area contributed by atoms with Gasteiger partial charge in [-0.1, -0.05) is 66.7 Å². The second kappa shape index (κ2) is 9.15. The van der Waals surface area contributed by atoms with Gasteiger partial charge in [-0.25, -0.2) is 9.67 Å². The lowest BCUT2D eigenvalue weighted by Crippen LogP contribution is -2.28. The number of carbonyl (C=O) groups is 1. The summed E-state index contributed by atoms with van der Waals surface area (Å²) in [5.41, 5.74) is 4.88. The topological polar surface area (TPSA) is 81.8 Å². The number of carbonyl (C=O) groups excluding carboxylic acids is 1. The molecule has 3 aromatic carbocycles. The van der Waals surface area contributed by atoms with E-state index in [-0.39, 0.29) is 18.0 Å². The minimum absolute atomic E-state index is 0.127. The summed E-state index contributed by atoms with van der Waals surface area (Å²) in [4.78, 5) is 29.7. The quantitative estimate of drug-likeness (QED) is 0.420. The number of nitrogens with zero attached hydrogens (tertiary/aromatic N) is 4. The van der Waals surface area contributed by atoms with Crippen molar-refractivity contribution in [2.75, 3.05) is 5.32 Å². The standard InChI is InChI=1S/C27H23N5O2/c1-19-9-5-6-12-21(19)23-15-25(32(30-23)17-20-10-3-2-4-11-20)29-26(33)18-31-24-14-8-7-13-22(24)28-16-27(31)34/h2-16H,17-18H2,1H3,(H,29,33). The first-order chi connectivity index (χ1) is 16.6. The molecule has 5 rings (SSSR count). The lowest BCUT2D eigenvalue weighted by molar-refractivity contribution is -0.116. The molecule has 1 amide bonds. The van der Waals surface area contributed by atoms with Gasteiger partial charge in [0.1, 0.15) is 12.4 Å². The molecule has 0 saturated carbocycles. The number of benzene rings is 3. The van der Waals surface area contributed by atoms with E-state index in [2.05, 4.69) is 10.3 Å². The summed E-state index contributed by atoms with van der Waals surface area (Å²) in [7, 11) is 0. The van der Waals surface area contributed by atoms with Gasteiger partial charge in [0.15, 0.2) is 0 Å². The minimum atomic E-state index is -0.327. The molecule has 1 N–H and O–H groups in total. The third-order valence-electron chi connectivity index (χ3n) is 5.70. The van der Waals surface area contributed by atoms with Gasteiger partial charge >= 0.3 is 0 Å². The van der Waals surface area contributed by atoms with Crippen LogP contribution in [0.2, 0.25) is 0 Å². The molecule has 0 atom stereocenters. The first-order valence-corrected chi connectivity index (χ1v) is 11.0. The summed E-state index contributed by atoms with van der Waals surface area (Å²) in [6, 6.07) is 27.1. The molecule has 2 aromatic heterocycles. The number of para-hydroxylation sites is 2. The number of fused-ring (bicyclic) bond motifs is 1. The lowest BCUT2D eigenvalue weighted by atomic mass is 10.1. The molecule has 0 aliphatic carbocycles. The van der Waals surface area contributed by atoms with Crippen molar-refractivity contribution in [1.82, 2.24) is 19.3 Å². The number of hydrogen-bond acceptors (Lipinski definition) is 4. The van der Waals surface area contributed by atoms with E-state index in [1.807, 2.05) is 85.8 Å². The SMILES string of the molecule is Cc1ccccc1-c1cc(NC(=O)Cn2c(=O)cnc3ccccc32)n(Cc2ccccc2)n1. The van der Waals surface area contributed by atoms with Gasteiger partial charge < -0.3 is 5.32 Å². The molecule has 0 aliphatic heterocycles. The monoisotopic (exact) mass is 449 g/mol. The van der Waals surface area contributed by atoms with E-state index in [9.17, 15) is 9.59 Å². The summed E-state index contributed by atoms with van der Waals surface area (Å²) in [6.45, 7) is 2.41. The Hall–Kier alpha value is -4.52. The summed E-state index contributed by atoms with van der Waals surface area (Å²) in [5.74, 6) is 0.252. The van der Waals surface area contributed by atoms with E-state index in [0.717, 1.165) is 22.4 Å². The highest BCUT2D eigenvalue weighted by molar-refractivity contribution is 5.91. The predicted octanol–water partition coefficient (Wildman–Crippen LogP) is 4.26. The molecular weight excluding hydrogens is 426 g/mol. The third-order valence-corrected chi connectivity index (χ3v) is 5.70. The third kappa shape index (κ3) is 4.36. The van der Waals surface area contributed by atoms with Crippen LogP contribution in [-0.4, -0.2) is 25.2 Å². The Kier molecular flexibility index (Phi) is 5.74. The number of amides is 1. The maximum Gasteiger partial charge on any atom is 0.269 e. The van der Waals surface area contributed by atoms with E-state index in [4.69, 9.17) is 5.10 Å². The van der Waals surface area contributed by atoms with Crippen LogP contribution in [0.5, 0.6) is 0 Å². The number of aromatic nitrogens is 4. The Balaban J connectivity index is 1.48. The predicted molar refractivity (Wildman–Crippen MR) is 133 cm³/mol. The molecule has 7 heteroatoms. The fourth-order valence-electron chi connectivity index (χ4n) is 3.99. The van der Waals surface area contributed by atoms with E-state index in [0.29, 0.717) is 23.4 Å². The molecule has 168 valence electrons. The van der Waals surface area contributed by atoms with E-state index in [1.54, 1.807) is 10.7 Å². The average molecular weight is 450 g/mol. The number of nitrogens with one attached hydrogen (secondary N) is 1. The highest BCUT2D eigenvalue weighted by atomic mass is 16.2. The first-order valence-electron chi connectivity index (χ1n) is 11.0. The molecule has 0 saturated heterocycles. The van der Waals surface area contributed by atoms with Crippen LogP contribution in [-0.2, 0) is 17.9 Å². The Morgan fingerprint density at radius 3 is 2.50 bits per heavy atom. The second-order valence-electron chi connectivity index (χ2n) is 8.09. The van der Waals surface area contributed by atoms with Crippen molar-refractivity contribution in [2.24, 2.45) is 0 Å². The maximum atomic E-state index is 13.1. The van der Waals surface area contributed by atoms with Crippen LogP contribution >= 0.6 is 0 Å². The zero-order valence-electron chi connectivity index (χ0n) is 18.7. The molecule has 34 heavy (non-hydrogen) atoms. The number of anilines is 1. The summed E-state index contributed by atoms with van der Waals surface area (Å²) in [6.07, 6.45) is 1.24. The highest BCUT2D eigenvalue weighted by Gasteiger charge is 2.15. The van der Waals surface area contributed by atoms with Crippen molar-refractivity contribution in [3.8, 4) is 11.3 Å². The maximum absolute atomic E-state index is 13.1. The van der Waals surface area contributed by atoms with Gasteiger partial charge in [-0.15, -0.1) is 0 Å². The van der Waals surface area contributed by atoms with Gasteiger partial charge in [0.05, 0.1) is 29.5 Å². The van der Waals surface area contributed by atoms with E-state index >= 15 is 0 Å². The van der Waals surface area contributed by atoms with Crippen molar-refractivity contribution in [3.63, 3.8) is 0 Å². The van der Waals surface area contributed by atoms with Gasteiger partial charge in [-0.3, -0.25) is 14.2 Å². The van der Waals surface area contributed by atoms with Crippen LogP contribution < -0.4 is 10.9 Å². The Labute approximate surface area is 196 Å². The number of aryl methyl sites for hydroxylation is 1. The fourth-order valence-corrected chi connectivity index (χ4v) is 3.99. The number of rotatable bonds is 6. The average Bonchev–Trinajstić information content (AvgIpc) is 3.23. The van der Waals surface area contributed by atoms with Gasteiger partial charge in [0, 0.05) is 11.6 Å². The van der Waals surface area contributed by atoms with Crippen molar-refractivity contribution >= 4 is 22.8 Å². The zero-order valence-corrected chi connectivity index (χ0v) is 18.7. The Bertz CT molecular complexity index is 1540. The number of hydrogen-bond donors (Lipinski definition) is 1. The normalized spacial score (nSPS) is 11.0. The Morgan fingerprint density at radius 1 is 0.941 bits per heavy atom. The first kappa shape index (κ1) is 21.3. The van der Waals surface area contributed by atoms with Gasteiger partial charge in [0.25, 0.3) is 5.56 Å². The van der Waals surface area contributed by atoms with Crippen molar-refractivity contribution < 1.29 is 4.79 Å². The molecule has 5 aromatic rings. The fraction of sp³-hybridized carbons (Fsp3) is 0.111. The van der Waals surface area contributed by atoms with Crippen LogP contribution in [0.4, 0.5) is 5.82 Å². The van der Waals surface area contributed by atoms with Crippen LogP contribution in [0.15, 0.2) is 95.9 Å². The van der Waals surface area contributed by atoms with Gasteiger partial charge in [-0.2, -0.15) is 5.10 Å². The molecular formula is C27H23N5O2. The molecule has 2 heterocycles. The molecule has 0 unspecified atom stereocenters. The zero-order chi connectivity index (χ0) is 23.5. The largest absolute Gasteiger partial charge is 0.309 e.